The van der Waals surface area contributed by atoms with Crippen LogP contribution in [0.5, 0.6) is 0 Å². The van der Waals surface area contributed by atoms with E-state index in [9.17, 15) is 19.2 Å². The molecule has 4 aromatic heterocycles. The molecule has 0 radical (unpaired) electrons. The molecule has 7 rings (SSSR count). The van der Waals surface area contributed by atoms with E-state index in [1.807, 2.05) is 107 Å². The Bertz CT molecular complexity index is 2680. The largest absolute Gasteiger partial charge is 0.378 e. The molecule has 4 heterocycles. The van der Waals surface area contributed by atoms with Gasteiger partial charge in [0.25, 0.3) is 5.91 Å². The number of hydrogen-bond donors (Lipinski definition) is 0. The van der Waals surface area contributed by atoms with Crippen LogP contribution in [0.1, 0.15) is 37.7 Å². The molecule has 55 heavy (non-hydrogen) atoms. The quantitative estimate of drug-likeness (QED) is 0.0841. The van der Waals surface area contributed by atoms with Crippen LogP contribution in [0.15, 0.2) is 140 Å². The van der Waals surface area contributed by atoms with Crippen molar-refractivity contribution in [1.29, 1.82) is 0 Å². The van der Waals surface area contributed by atoms with Crippen molar-refractivity contribution in [3.8, 4) is 0 Å². The highest BCUT2D eigenvalue weighted by Crippen LogP contribution is 2.20. The number of aromatic nitrogens is 4. The average Bonchev–Trinajstić information content (AvgIpc) is 3.19. The molecule has 0 bridgehead atoms. The fourth-order valence-corrected chi connectivity index (χ4v) is 6.79. The zero-order valence-electron chi connectivity index (χ0n) is 30.4. The lowest BCUT2D eigenvalue weighted by Gasteiger charge is -2.16. The van der Waals surface area contributed by atoms with Gasteiger partial charge in [-0.05, 0) is 92.5 Å². The minimum absolute atomic E-state index is 0.0537. The molecule has 0 fully saturated rings. The highest BCUT2D eigenvalue weighted by atomic mass is 79.9. The number of carbonyl (C=O) groups is 2. The first-order valence-corrected chi connectivity index (χ1v) is 18.6. The summed E-state index contributed by atoms with van der Waals surface area (Å²) in [5, 5.41) is 2.03. The van der Waals surface area contributed by atoms with Crippen LogP contribution in [0, 0.1) is 0 Å². The molecule has 0 unspecified atom stereocenters. The van der Waals surface area contributed by atoms with Crippen molar-refractivity contribution < 1.29 is 14.4 Å². The van der Waals surface area contributed by atoms with Gasteiger partial charge in [0.15, 0.2) is 5.78 Å². The fraction of sp³-hybridized carbons (Fsp3) is 0.143. The Morgan fingerprint density at radius 1 is 0.655 bits per heavy atom. The molecule has 0 aliphatic heterocycles. The summed E-state index contributed by atoms with van der Waals surface area (Å²) in [6.07, 6.45) is 3.21. The molecule has 278 valence electrons. The predicted molar refractivity (Wildman–Crippen MR) is 222 cm³/mol. The van der Waals surface area contributed by atoms with E-state index < -0.39 is 5.91 Å². The van der Waals surface area contributed by atoms with E-state index in [4.69, 9.17) is 4.84 Å². The van der Waals surface area contributed by atoms with Crippen molar-refractivity contribution in [1.82, 2.24) is 24.2 Å². The maximum absolute atomic E-state index is 13.3. The Morgan fingerprint density at radius 2 is 1.15 bits per heavy atom. The van der Waals surface area contributed by atoms with Gasteiger partial charge < -0.3 is 14.0 Å². The number of ketones is 1. The molecule has 13 heteroatoms. The third kappa shape index (κ3) is 8.80. The number of hydrogen-bond acceptors (Lipinski definition) is 8. The molecule has 0 saturated heterocycles. The van der Waals surface area contributed by atoms with Crippen LogP contribution in [0.25, 0.3) is 21.8 Å². The Labute approximate surface area is 333 Å². The second-order valence-corrected chi connectivity index (χ2v) is 14.3. The van der Waals surface area contributed by atoms with Crippen LogP contribution in [0.4, 0.5) is 5.69 Å². The zero-order valence-corrected chi connectivity index (χ0v) is 33.6. The second-order valence-electron chi connectivity index (χ2n) is 12.7. The number of rotatable bonds is 9. The molecule has 0 N–H and O–H groups in total. The molecule has 0 saturated carbocycles. The van der Waals surface area contributed by atoms with E-state index in [0.717, 1.165) is 42.4 Å². The molecule has 0 aliphatic rings. The van der Waals surface area contributed by atoms with Crippen molar-refractivity contribution in [2.24, 2.45) is 0 Å². The van der Waals surface area contributed by atoms with Gasteiger partial charge in [-0.2, -0.15) is 0 Å². The number of pyridine rings is 4. The van der Waals surface area contributed by atoms with Gasteiger partial charge in [0.05, 0.1) is 48.2 Å². The summed E-state index contributed by atoms with van der Waals surface area (Å²) in [5.74, 6) is -0.778. The Balaban J connectivity index is 0.000000190. The molecule has 3 aromatic carbocycles. The van der Waals surface area contributed by atoms with Crippen molar-refractivity contribution >= 4 is 71.0 Å². The van der Waals surface area contributed by atoms with Gasteiger partial charge in [0.1, 0.15) is 14.8 Å². The van der Waals surface area contributed by atoms with Crippen LogP contribution in [-0.2, 0) is 17.9 Å². The molecular weight excluding hydrogens is 828 g/mol. The molecule has 0 aliphatic carbocycles. The van der Waals surface area contributed by atoms with E-state index in [1.165, 1.54) is 14.2 Å². The van der Waals surface area contributed by atoms with Crippen LogP contribution in [0.2, 0.25) is 0 Å². The molecule has 1 amide bonds. The lowest BCUT2D eigenvalue weighted by molar-refractivity contribution is -0.0758. The summed E-state index contributed by atoms with van der Waals surface area (Å²) in [5.41, 5.74) is 4.16. The standard InChI is InChI=1S/C24H20BrN3O2.C18H16BrN3O3/c1-27(2)18-9-5-7-16(13-18)23(29)20-15-28(14-17-8-6-12-22(25)26-17)21-11-4-3-10-19(21)24(20)30;1-21(25-2)18(24)14-11-22(10-12-6-5-9-16(19)20-12)15-8-4-3-7-13(15)17(14)23/h3-13,15H,14H2,1-2H3;3-9,11H,10H2,1-2H3. The Kier molecular flexibility index (Phi) is 12.1. The van der Waals surface area contributed by atoms with E-state index in [2.05, 4.69) is 41.8 Å². The van der Waals surface area contributed by atoms with E-state index in [1.54, 1.807) is 42.7 Å². The number of carbonyl (C=O) groups excluding carboxylic acids is 2. The predicted octanol–water partition coefficient (Wildman–Crippen LogP) is 7.35. The number of hydroxylamine groups is 2. The van der Waals surface area contributed by atoms with Gasteiger partial charge in [-0.15, -0.1) is 0 Å². The first-order chi connectivity index (χ1) is 26.4. The lowest BCUT2D eigenvalue weighted by atomic mass is 10.0. The number of para-hydroxylation sites is 2. The van der Waals surface area contributed by atoms with Gasteiger partial charge >= 0.3 is 0 Å². The Morgan fingerprint density at radius 3 is 1.65 bits per heavy atom. The van der Waals surface area contributed by atoms with Gasteiger partial charge in [0, 0.05) is 55.6 Å². The summed E-state index contributed by atoms with van der Waals surface area (Å²) in [6, 6.07) is 33.1. The lowest BCUT2D eigenvalue weighted by Crippen LogP contribution is -2.31. The maximum atomic E-state index is 13.3. The summed E-state index contributed by atoms with van der Waals surface area (Å²) in [4.78, 5) is 67.4. The second kappa shape index (κ2) is 17.1. The molecule has 7 aromatic rings. The van der Waals surface area contributed by atoms with E-state index in [0.29, 0.717) is 29.4 Å². The van der Waals surface area contributed by atoms with Crippen LogP contribution >= 0.6 is 31.9 Å². The molecule has 11 nitrogen and oxygen atoms in total. The number of fused-ring (bicyclic) bond motifs is 2. The third-order valence-corrected chi connectivity index (χ3v) is 9.73. The highest BCUT2D eigenvalue weighted by Gasteiger charge is 2.20. The smallest absolute Gasteiger partial charge is 0.282 e. The van der Waals surface area contributed by atoms with Crippen molar-refractivity contribution in [3.63, 3.8) is 0 Å². The fourth-order valence-electron chi connectivity index (χ4n) is 6.03. The van der Waals surface area contributed by atoms with Gasteiger partial charge in [-0.3, -0.25) is 24.0 Å². The van der Waals surface area contributed by atoms with Gasteiger partial charge in [0.2, 0.25) is 10.9 Å². The average molecular weight is 865 g/mol. The minimum atomic E-state index is -0.491. The highest BCUT2D eigenvalue weighted by molar-refractivity contribution is 9.10. The number of halogens is 2. The third-order valence-electron chi connectivity index (χ3n) is 8.85. The first kappa shape index (κ1) is 38.9. The maximum Gasteiger partial charge on any atom is 0.282 e. The summed E-state index contributed by atoms with van der Waals surface area (Å²) >= 11 is 6.75. The summed E-state index contributed by atoms with van der Waals surface area (Å²) in [6.45, 7) is 0.870. The van der Waals surface area contributed by atoms with Crippen molar-refractivity contribution in [2.45, 2.75) is 13.1 Å². The monoisotopic (exact) mass is 862 g/mol. The number of amides is 1. The zero-order chi connectivity index (χ0) is 39.2. The van der Waals surface area contributed by atoms with Crippen LogP contribution < -0.4 is 15.8 Å². The molecular formula is C42H36Br2N6O5. The van der Waals surface area contributed by atoms with E-state index in [-0.39, 0.29) is 27.8 Å². The van der Waals surface area contributed by atoms with Crippen LogP contribution in [-0.4, -0.2) is 64.1 Å². The molecule has 0 atom stereocenters. The van der Waals surface area contributed by atoms with E-state index >= 15 is 0 Å². The number of benzene rings is 3. The van der Waals surface area contributed by atoms with Gasteiger partial charge in [-0.25, -0.2) is 15.0 Å². The Hall–Kier alpha value is -5.76. The van der Waals surface area contributed by atoms with Crippen molar-refractivity contribution in [2.75, 3.05) is 33.2 Å². The molecule has 0 spiro atoms. The normalized spacial score (nSPS) is 10.9. The summed E-state index contributed by atoms with van der Waals surface area (Å²) < 4.78 is 5.23. The number of nitrogens with zero attached hydrogens (tertiary/aromatic N) is 6. The topological polar surface area (TPSA) is 120 Å². The SMILES string of the molecule is CN(C)c1cccc(C(=O)c2cn(Cc3cccc(Br)n3)c3ccccc3c2=O)c1.CON(C)C(=O)c1cn(Cc2cccc(Br)n2)c2ccccc2c1=O. The minimum Gasteiger partial charge on any atom is -0.378 e. The summed E-state index contributed by atoms with van der Waals surface area (Å²) in [7, 11) is 6.68. The van der Waals surface area contributed by atoms with Crippen LogP contribution in [0.3, 0.4) is 0 Å². The van der Waals surface area contributed by atoms with Crippen molar-refractivity contribution in [3.05, 3.63) is 179 Å². The number of anilines is 1. The first-order valence-electron chi connectivity index (χ1n) is 17.1. The van der Waals surface area contributed by atoms with Gasteiger partial charge in [-0.1, -0.05) is 48.5 Å².